The minimum Gasteiger partial charge on any atom is -0.472 e. The maximum absolute atomic E-state index is 6.03. The van der Waals surface area contributed by atoms with Crippen molar-refractivity contribution >= 4 is 23.8 Å². The molecule has 12 heteroatoms. The number of nitrogens with one attached hydrogen (secondary N) is 3. The Kier molecular flexibility index (Phi) is 7.68. The molecule has 0 saturated heterocycles. The second-order valence-corrected chi connectivity index (χ2v) is 8.23. The predicted molar refractivity (Wildman–Crippen MR) is 132 cm³/mol. The molecule has 2 unspecified atom stereocenters. The van der Waals surface area contributed by atoms with E-state index in [-0.39, 0.29) is 12.1 Å². The molecule has 4 heterocycles. The zero-order chi connectivity index (χ0) is 23.8. The van der Waals surface area contributed by atoms with Crippen molar-refractivity contribution < 1.29 is 8.83 Å². The van der Waals surface area contributed by atoms with Gasteiger partial charge in [-0.1, -0.05) is 0 Å². The Labute approximate surface area is 198 Å². The highest BCUT2D eigenvalue weighted by Crippen LogP contribution is 2.07. The van der Waals surface area contributed by atoms with Crippen LogP contribution >= 0.6 is 0 Å². The summed E-state index contributed by atoms with van der Waals surface area (Å²) in [5, 5.41) is 9.63. The van der Waals surface area contributed by atoms with Crippen LogP contribution in [0.4, 0.5) is 0 Å². The van der Waals surface area contributed by atoms with E-state index in [9.17, 15) is 0 Å². The first-order chi connectivity index (χ1) is 16.5. The van der Waals surface area contributed by atoms with Crippen molar-refractivity contribution in [3.63, 3.8) is 0 Å². The molecule has 34 heavy (non-hydrogen) atoms. The van der Waals surface area contributed by atoms with Crippen LogP contribution in [0.15, 0.2) is 65.8 Å². The number of hydrogen-bond acceptors (Lipinski definition) is 10. The standard InChI is InChI=1S/C22H32N10O2/c1-15-11-26-20(24)31-22(28-15)32(8-5-18-3-2-9-34-18)13-17-12-27-19(23)30-21(29-17)25-7-4-16-6-10-33-14-16/h2-3,6,9-10,14-15,17H,4-5,7-8,11-13H2,1H3,(H3,24,26,28,31)(H4,23,25,27,29,30). The van der Waals surface area contributed by atoms with Crippen molar-refractivity contribution in [3.05, 3.63) is 48.3 Å². The van der Waals surface area contributed by atoms with E-state index in [1.165, 1.54) is 0 Å². The zero-order valence-electron chi connectivity index (χ0n) is 19.3. The second kappa shape index (κ2) is 11.3. The van der Waals surface area contributed by atoms with Gasteiger partial charge in [-0.3, -0.25) is 25.6 Å². The smallest absolute Gasteiger partial charge is 0.201 e. The molecule has 0 aliphatic carbocycles. The van der Waals surface area contributed by atoms with Crippen LogP contribution < -0.4 is 27.4 Å². The van der Waals surface area contributed by atoms with Gasteiger partial charge in [0.1, 0.15) is 5.76 Å². The van der Waals surface area contributed by atoms with E-state index in [4.69, 9.17) is 25.3 Å². The molecule has 7 N–H and O–H groups in total. The molecule has 0 radical (unpaired) electrons. The fraction of sp³-hybridized carbons (Fsp3) is 0.455. The van der Waals surface area contributed by atoms with Crippen LogP contribution in [0.25, 0.3) is 0 Å². The van der Waals surface area contributed by atoms with E-state index in [1.807, 2.05) is 25.1 Å². The molecule has 2 aromatic heterocycles. The maximum Gasteiger partial charge on any atom is 0.201 e. The Bertz CT molecular complexity index is 1030. The first kappa shape index (κ1) is 23.2. The van der Waals surface area contributed by atoms with Crippen LogP contribution in [0, 0.1) is 0 Å². The van der Waals surface area contributed by atoms with Crippen LogP contribution in [-0.4, -0.2) is 73.5 Å². The highest BCUT2D eigenvalue weighted by atomic mass is 16.3. The summed E-state index contributed by atoms with van der Waals surface area (Å²) < 4.78 is 10.6. The summed E-state index contributed by atoms with van der Waals surface area (Å²) in [7, 11) is 0. The summed E-state index contributed by atoms with van der Waals surface area (Å²) in [6.45, 7) is 4.86. The lowest BCUT2D eigenvalue weighted by Gasteiger charge is -2.30. The fourth-order valence-corrected chi connectivity index (χ4v) is 3.64. The van der Waals surface area contributed by atoms with Crippen molar-refractivity contribution in [2.24, 2.45) is 31.4 Å². The van der Waals surface area contributed by atoms with Crippen LogP contribution in [-0.2, 0) is 12.8 Å². The summed E-state index contributed by atoms with van der Waals surface area (Å²) in [6, 6.07) is 5.71. The molecule has 0 saturated carbocycles. The number of furan rings is 2. The molecule has 0 bridgehead atoms. The molecule has 4 rings (SSSR count). The predicted octanol–water partition coefficient (Wildman–Crippen LogP) is -0.146. The van der Waals surface area contributed by atoms with Crippen molar-refractivity contribution in [2.75, 3.05) is 32.7 Å². The lowest BCUT2D eigenvalue weighted by Crippen LogP contribution is -2.54. The molecule has 2 aliphatic heterocycles. The Balaban J connectivity index is 1.47. The molecule has 2 aromatic rings. The SMILES string of the molecule is CC1CN=C(N)NC(N(CCc2ccco2)CC2CN=C(N)NC(=NCCc3ccoc3)N2)=N1. The van der Waals surface area contributed by atoms with Gasteiger partial charge in [0.25, 0.3) is 0 Å². The topological polar surface area (TPSA) is 167 Å². The zero-order valence-corrected chi connectivity index (χ0v) is 19.3. The highest BCUT2D eigenvalue weighted by Gasteiger charge is 2.23. The molecule has 0 spiro atoms. The van der Waals surface area contributed by atoms with Crippen molar-refractivity contribution in [3.8, 4) is 0 Å². The van der Waals surface area contributed by atoms with Gasteiger partial charge in [-0.15, -0.1) is 0 Å². The third-order valence-corrected chi connectivity index (χ3v) is 5.38. The Morgan fingerprint density at radius 3 is 2.76 bits per heavy atom. The summed E-state index contributed by atoms with van der Waals surface area (Å²) in [5.74, 6) is 2.84. The van der Waals surface area contributed by atoms with Crippen LogP contribution in [0.1, 0.15) is 18.2 Å². The fourth-order valence-electron chi connectivity index (χ4n) is 3.64. The summed E-state index contributed by atoms with van der Waals surface area (Å²) in [5.41, 5.74) is 13.1. The number of guanidine groups is 4. The van der Waals surface area contributed by atoms with Gasteiger partial charge in [0, 0.05) is 26.1 Å². The normalized spacial score (nSPS) is 21.8. The number of hydrogen-bond donors (Lipinski definition) is 5. The lowest BCUT2D eigenvalue weighted by atomic mass is 10.2. The van der Waals surface area contributed by atoms with Gasteiger partial charge < -0.3 is 30.5 Å². The molecule has 0 amide bonds. The van der Waals surface area contributed by atoms with E-state index in [0.717, 1.165) is 17.7 Å². The lowest BCUT2D eigenvalue weighted by molar-refractivity contribution is 0.355. The average molecular weight is 469 g/mol. The number of rotatable bonds is 8. The molecular formula is C22H32N10O2. The van der Waals surface area contributed by atoms with Crippen LogP contribution in [0.3, 0.4) is 0 Å². The minimum absolute atomic E-state index is 0.00660. The largest absolute Gasteiger partial charge is 0.472 e. The molecule has 0 aromatic carbocycles. The number of nitrogens with zero attached hydrogens (tertiary/aromatic N) is 5. The van der Waals surface area contributed by atoms with Gasteiger partial charge in [0.2, 0.25) is 5.96 Å². The Morgan fingerprint density at radius 2 is 1.97 bits per heavy atom. The average Bonchev–Trinajstić information content (AvgIpc) is 3.46. The van der Waals surface area contributed by atoms with E-state index in [0.29, 0.717) is 63.0 Å². The minimum atomic E-state index is -0.0703. The molecule has 0 fully saturated rings. The van der Waals surface area contributed by atoms with Gasteiger partial charge in [-0.2, -0.15) is 0 Å². The Hall–Kier alpha value is -3.96. The van der Waals surface area contributed by atoms with Gasteiger partial charge >= 0.3 is 0 Å². The van der Waals surface area contributed by atoms with E-state index < -0.39 is 0 Å². The Morgan fingerprint density at radius 1 is 1.12 bits per heavy atom. The molecular weight excluding hydrogens is 436 g/mol. The number of nitrogens with two attached hydrogens (primary N) is 2. The van der Waals surface area contributed by atoms with E-state index in [2.05, 4.69) is 35.8 Å². The summed E-state index contributed by atoms with van der Waals surface area (Å²) >= 11 is 0. The highest BCUT2D eigenvalue weighted by molar-refractivity contribution is 5.99. The van der Waals surface area contributed by atoms with Gasteiger partial charge in [-0.05, 0) is 37.1 Å². The second-order valence-electron chi connectivity index (χ2n) is 8.23. The molecule has 2 atom stereocenters. The first-order valence-electron chi connectivity index (χ1n) is 11.4. The van der Waals surface area contributed by atoms with Crippen molar-refractivity contribution in [1.82, 2.24) is 20.9 Å². The van der Waals surface area contributed by atoms with E-state index in [1.54, 1.807) is 18.8 Å². The molecule has 2 aliphatic rings. The van der Waals surface area contributed by atoms with Crippen molar-refractivity contribution in [2.45, 2.75) is 31.8 Å². The van der Waals surface area contributed by atoms with E-state index >= 15 is 0 Å². The first-order valence-corrected chi connectivity index (χ1v) is 11.4. The number of aliphatic imine (C=N–C) groups is 4. The quantitative estimate of drug-likeness (QED) is 0.357. The maximum atomic E-state index is 6.03. The molecule has 12 nitrogen and oxygen atoms in total. The summed E-state index contributed by atoms with van der Waals surface area (Å²) in [6.07, 6.45) is 6.53. The van der Waals surface area contributed by atoms with Crippen molar-refractivity contribution in [1.29, 1.82) is 0 Å². The van der Waals surface area contributed by atoms with Gasteiger partial charge in [-0.25, -0.2) is 4.99 Å². The van der Waals surface area contributed by atoms with Gasteiger partial charge in [0.05, 0.1) is 44.0 Å². The summed E-state index contributed by atoms with van der Waals surface area (Å²) in [4.78, 5) is 20.3. The monoisotopic (exact) mass is 468 g/mol. The molecule has 182 valence electrons. The van der Waals surface area contributed by atoms with Crippen LogP contribution in [0.5, 0.6) is 0 Å². The third kappa shape index (κ3) is 6.77. The van der Waals surface area contributed by atoms with Crippen LogP contribution in [0.2, 0.25) is 0 Å². The third-order valence-electron chi connectivity index (χ3n) is 5.38. The van der Waals surface area contributed by atoms with Gasteiger partial charge in [0.15, 0.2) is 17.9 Å².